The van der Waals surface area contributed by atoms with Gasteiger partial charge in [0.25, 0.3) is 0 Å². The van der Waals surface area contributed by atoms with Crippen molar-refractivity contribution in [3.63, 3.8) is 0 Å². The number of carboxylic acids is 1. The number of hydrogen-bond acceptors (Lipinski definition) is 3. The third kappa shape index (κ3) is 1.97. The summed E-state index contributed by atoms with van der Waals surface area (Å²) in [5.41, 5.74) is 1.49. The highest BCUT2D eigenvalue weighted by molar-refractivity contribution is 5.89. The molecule has 0 unspecified atom stereocenters. The van der Waals surface area contributed by atoms with Crippen LogP contribution in [0.15, 0.2) is 18.2 Å². The Bertz CT molecular complexity index is 380. The molecule has 0 saturated heterocycles. The minimum atomic E-state index is -0.957. The monoisotopic (exact) mass is 176 g/mol. The molecule has 0 spiro atoms. The number of hydrogen-bond donors (Lipinski definition) is 2. The molecule has 1 rings (SSSR count). The predicted octanol–water partition coefficient (Wildman–Crippen LogP) is 1.59. The molecule has 0 heterocycles. The smallest absolute Gasteiger partial charge is 0.335 e. The summed E-state index contributed by atoms with van der Waals surface area (Å²) in [4.78, 5) is 10.6. The molecule has 4 heteroatoms. The van der Waals surface area contributed by atoms with Crippen molar-refractivity contribution in [3.8, 4) is 6.19 Å². The molecule has 4 nitrogen and oxygen atoms in total. The number of carbonyl (C=O) groups is 1. The van der Waals surface area contributed by atoms with Crippen molar-refractivity contribution in [1.29, 1.82) is 5.26 Å². The van der Waals surface area contributed by atoms with Gasteiger partial charge in [0, 0.05) is 5.69 Å². The standard InChI is InChI=1S/C9H8N2O2/c1-6-4-7(11-5-10)2-3-8(6)9(12)13/h2-4,11H,1H3,(H,12,13). The van der Waals surface area contributed by atoms with E-state index in [1.165, 1.54) is 6.07 Å². The Balaban J connectivity index is 3.07. The number of rotatable bonds is 2. The summed E-state index contributed by atoms with van der Waals surface area (Å²) in [6.45, 7) is 1.69. The van der Waals surface area contributed by atoms with Crippen LogP contribution in [0.2, 0.25) is 0 Å². The number of anilines is 1. The van der Waals surface area contributed by atoms with Gasteiger partial charge in [-0.25, -0.2) is 4.79 Å². The fourth-order valence-corrected chi connectivity index (χ4v) is 1.05. The average molecular weight is 176 g/mol. The predicted molar refractivity (Wildman–Crippen MR) is 47.4 cm³/mol. The van der Waals surface area contributed by atoms with Gasteiger partial charge in [-0.05, 0) is 30.7 Å². The van der Waals surface area contributed by atoms with Crippen molar-refractivity contribution >= 4 is 11.7 Å². The van der Waals surface area contributed by atoms with Gasteiger partial charge < -0.3 is 5.11 Å². The summed E-state index contributed by atoms with van der Waals surface area (Å²) < 4.78 is 0. The van der Waals surface area contributed by atoms with Gasteiger partial charge in [-0.3, -0.25) is 5.32 Å². The van der Waals surface area contributed by atoms with Crippen LogP contribution in [0.25, 0.3) is 0 Å². The number of nitriles is 1. The summed E-state index contributed by atoms with van der Waals surface area (Å²) in [6, 6.07) is 4.64. The van der Waals surface area contributed by atoms with E-state index in [4.69, 9.17) is 10.4 Å². The summed E-state index contributed by atoms with van der Waals surface area (Å²) >= 11 is 0. The second kappa shape index (κ2) is 3.59. The van der Waals surface area contributed by atoms with E-state index >= 15 is 0 Å². The lowest BCUT2D eigenvalue weighted by molar-refractivity contribution is 0.0696. The van der Waals surface area contributed by atoms with Crippen LogP contribution < -0.4 is 5.32 Å². The first-order chi connectivity index (χ1) is 6.15. The number of benzene rings is 1. The minimum Gasteiger partial charge on any atom is -0.478 e. The quantitative estimate of drug-likeness (QED) is 0.530. The zero-order valence-corrected chi connectivity index (χ0v) is 7.03. The van der Waals surface area contributed by atoms with Crippen LogP contribution >= 0.6 is 0 Å². The Morgan fingerprint density at radius 3 is 2.77 bits per heavy atom. The molecule has 0 amide bonds. The molecule has 0 radical (unpaired) electrons. The normalized spacial score (nSPS) is 8.92. The first-order valence-electron chi connectivity index (χ1n) is 3.64. The molecule has 0 fully saturated rings. The van der Waals surface area contributed by atoms with E-state index < -0.39 is 5.97 Å². The lowest BCUT2D eigenvalue weighted by Gasteiger charge is -2.02. The van der Waals surface area contributed by atoms with Gasteiger partial charge in [0.15, 0.2) is 6.19 Å². The molecule has 0 atom stereocenters. The zero-order valence-electron chi connectivity index (χ0n) is 7.03. The number of nitrogens with zero attached hydrogens (tertiary/aromatic N) is 1. The first kappa shape index (κ1) is 9.07. The van der Waals surface area contributed by atoms with Gasteiger partial charge in [-0.2, -0.15) is 5.26 Å². The maximum absolute atomic E-state index is 10.6. The van der Waals surface area contributed by atoms with Crippen LogP contribution in [-0.2, 0) is 0 Å². The fourth-order valence-electron chi connectivity index (χ4n) is 1.05. The topological polar surface area (TPSA) is 73.1 Å². The van der Waals surface area contributed by atoms with Crippen molar-refractivity contribution < 1.29 is 9.90 Å². The lowest BCUT2D eigenvalue weighted by Crippen LogP contribution is -2.00. The molecule has 0 saturated carbocycles. The maximum atomic E-state index is 10.6. The van der Waals surface area contributed by atoms with E-state index in [1.54, 1.807) is 25.2 Å². The third-order valence-corrected chi connectivity index (χ3v) is 1.66. The average Bonchev–Trinajstić information content (AvgIpc) is 2.04. The largest absolute Gasteiger partial charge is 0.478 e. The van der Waals surface area contributed by atoms with E-state index in [2.05, 4.69) is 5.32 Å². The molecular weight excluding hydrogens is 168 g/mol. The number of aromatic carboxylic acids is 1. The molecule has 1 aromatic rings. The molecule has 0 aliphatic heterocycles. The summed E-state index contributed by atoms with van der Waals surface area (Å²) in [7, 11) is 0. The molecule has 13 heavy (non-hydrogen) atoms. The number of nitrogens with one attached hydrogen (secondary N) is 1. The Kier molecular flexibility index (Phi) is 2.50. The molecule has 0 aliphatic carbocycles. The van der Waals surface area contributed by atoms with Gasteiger partial charge in [0.05, 0.1) is 5.56 Å². The van der Waals surface area contributed by atoms with Crippen LogP contribution in [0, 0.1) is 18.4 Å². The molecule has 0 bridgehead atoms. The molecule has 0 aromatic heterocycles. The van der Waals surface area contributed by atoms with Gasteiger partial charge in [-0.15, -0.1) is 0 Å². The Morgan fingerprint density at radius 1 is 1.62 bits per heavy atom. The van der Waals surface area contributed by atoms with Crippen molar-refractivity contribution in [3.05, 3.63) is 29.3 Å². The third-order valence-electron chi connectivity index (χ3n) is 1.66. The van der Waals surface area contributed by atoms with Crippen LogP contribution in [0.4, 0.5) is 5.69 Å². The molecular formula is C9H8N2O2. The van der Waals surface area contributed by atoms with Crippen LogP contribution in [0.3, 0.4) is 0 Å². The highest BCUT2D eigenvalue weighted by Gasteiger charge is 2.06. The molecule has 1 aromatic carbocycles. The van der Waals surface area contributed by atoms with E-state index in [-0.39, 0.29) is 5.56 Å². The second-order valence-corrected chi connectivity index (χ2v) is 2.57. The van der Waals surface area contributed by atoms with Gasteiger partial charge in [0.2, 0.25) is 0 Å². The van der Waals surface area contributed by atoms with Gasteiger partial charge in [0.1, 0.15) is 0 Å². The molecule has 66 valence electrons. The van der Waals surface area contributed by atoms with E-state index in [9.17, 15) is 4.79 Å². The van der Waals surface area contributed by atoms with Crippen molar-refractivity contribution in [2.24, 2.45) is 0 Å². The summed E-state index contributed by atoms with van der Waals surface area (Å²) in [6.07, 6.45) is 1.76. The summed E-state index contributed by atoms with van der Waals surface area (Å²) in [5, 5.41) is 19.4. The van der Waals surface area contributed by atoms with Gasteiger partial charge in [-0.1, -0.05) is 0 Å². The summed E-state index contributed by atoms with van der Waals surface area (Å²) in [5.74, 6) is -0.957. The second-order valence-electron chi connectivity index (χ2n) is 2.57. The highest BCUT2D eigenvalue weighted by atomic mass is 16.4. The van der Waals surface area contributed by atoms with Crippen LogP contribution in [-0.4, -0.2) is 11.1 Å². The number of carboxylic acid groups (broad SMARTS) is 1. The van der Waals surface area contributed by atoms with Gasteiger partial charge >= 0.3 is 5.97 Å². The Morgan fingerprint density at radius 2 is 2.31 bits per heavy atom. The Hall–Kier alpha value is -2.02. The van der Waals surface area contributed by atoms with Crippen molar-refractivity contribution in [1.82, 2.24) is 0 Å². The zero-order chi connectivity index (χ0) is 9.84. The first-order valence-corrected chi connectivity index (χ1v) is 3.64. The maximum Gasteiger partial charge on any atom is 0.335 e. The van der Waals surface area contributed by atoms with E-state index in [0.29, 0.717) is 11.3 Å². The Labute approximate surface area is 75.4 Å². The SMILES string of the molecule is Cc1cc(NC#N)ccc1C(=O)O. The van der Waals surface area contributed by atoms with E-state index in [1.807, 2.05) is 0 Å². The highest BCUT2D eigenvalue weighted by Crippen LogP contribution is 2.14. The van der Waals surface area contributed by atoms with Crippen molar-refractivity contribution in [2.75, 3.05) is 5.32 Å². The number of aryl methyl sites for hydroxylation is 1. The minimum absolute atomic E-state index is 0.253. The van der Waals surface area contributed by atoms with Crippen LogP contribution in [0.1, 0.15) is 15.9 Å². The van der Waals surface area contributed by atoms with E-state index in [0.717, 1.165) is 0 Å². The van der Waals surface area contributed by atoms with Crippen molar-refractivity contribution in [2.45, 2.75) is 6.92 Å². The molecule has 2 N–H and O–H groups in total. The molecule has 0 aliphatic rings. The fraction of sp³-hybridized carbons (Fsp3) is 0.111. The van der Waals surface area contributed by atoms with Crippen LogP contribution in [0.5, 0.6) is 0 Å². The lowest BCUT2D eigenvalue weighted by atomic mass is 10.1.